The van der Waals surface area contributed by atoms with Gasteiger partial charge in [0.2, 0.25) is 0 Å². The predicted octanol–water partition coefficient (Wildman–Crippen LogP) is 4.70. The Morgan fingerprint density at radius 3 is 2.29 bits per heavy atom. The van der Waals surface area contributed by atoms with Gasteiger partial charge in [-0.15, -0.1) is 0 Å². The van der Waals surface area contributed by atoms with Crippen LogP contribution in [0.25, 0.3) is 12.7 Å². The van der Waals surface area contributed by atoms with Gasteiger partial charge >= 0.3 is 0 Å². The van der Waals surface area contributed by atoms with Crippen molar-refractivity contribution in [3.05, 3.63) is 45.8 Å². The van der Waals surface area contributed by atoms with Crippen molar-refractivity contribution in [1.82, 2.24) is 0 Å². The summed E-state index contributed by atoms with van der Waals surface area (Å²) in [4.78, 5) is 0. The number of benzene rings is 1. The molecule has 1 aromatic rings. The highest BCUT2D eigenvalue weighted by molar-refractivity contribution is 5.42. The van der Waals surface area contributed by atoms with Crippen molar-refractivity contribution in [3.8, 4) is 0 Å². The molecule has 1 aromatic carbocycles. The third-order valence-corrected chi connectivity index (χ3v) is 4.32. The van der Waals surface area contributed by atoms with Gasteiger partial charge in [-0.05, 0) is 47.1 Å². The van der Waals surface area contributed by atoms with Crippen LogP contribution in [0.2, 0.25) is 0 Å². The molecule has 0 nitrogen and oxygen atoms in total. The molecule has 0 N–H and O–H groups in total. The fraction of sp³-hybridized carbons (Fsp3) is 0.524. The van der Waals surface area contributed by atoms with Crippen LogP contribution in [0.3, 0.4) is 0 Å². The summed E-state index contributed by atoms with van der Waals surface area (Å²) in [6.07, 6.45) is 6.83. The highest BCUT2D eigenvalue weighted by atomic mass is 14.2. The van der Waals surface area contributed by atoms with E-state index in [1.165, 1.54) is 28.0 Å². The van der Waals surface area contributed by atoms with Crippen LogP contribution in [0.5, 0.6) is 0 Å². The quantitative estimate of drug-likeness (QED) is 0.710. The summed E-state index contributed by atoms with van der Waals surface area (Å²) in [7, 11) is 0. The van der Waals surface area contributed by atoms with Gasteiger partial charge in [-0.25, -0.2) is 0 Å². The monoisotopic (exact) mass is 284 g/mol. The summed E-state index contributed by atoms with van der Waals surface area (Å²) in [6.45, 7) is 18.0. The van der Waals surface area contributed by atoms with E-state index in [0.29, 0.717) is 17.8 Å². The lowest BCUT2D eigenvalue weighted by Gasteiger charge is -2.25. The van der Waals surface area contributed by atoms with E-state index in [9.17, 15) is 0 Å². The molecule has 0 heteroatoms. The van der Waals surface area contributed by atoms with Gasteiger partial charge in [-0.3, -0.25) is 0 Å². The molecule has 0 aliphatic carbocycles. The molecule has 0 bridgehead atoms. The third kappa shape index (κ3) is 4.88. The molecule has 0 spiro atoms. The number of hydrogen-bond acceptors (Lipinski definition) is 0. The maximum Gasteiger partial charge on any atom is -0.0157 e. The smallest absolute Gasteiger partial charge is 0.0157 e. The van der Waals surface area contributed by atoms with Gasteiger partial charge in [0.25, 0.3) is 0 Å². The van der Waals surface area contributed by atoms with Crippen LogP contribution in [0.15, 0.2) is 29.8 Å². The predicted molar refractivity (Wildman–Crippen MR) is 96.6 cm³/mol. The van der Waals surface area contributed by atoms with Crippen molar-refractivity contribution in [1.29, 1.82) is 0 Å². The lowest BCUT2D eigenvalue weighted by Crippen LogP contribution is -2.26. The van der Waals surface area contributed by atoms with Gasteiger partial charge in [0, 0.05) is 0 Å². The summed E-state index contributed by atoms with van der Waals surface area (Å²) in [5, 5.41) is 2.45. The van der Waals surface area contributed by atoms with Crippen LogP contribution in [0, 0.1) is 17.8 Å². The summed E-state index contributed by atoms with van der Waals surface area (Å²) in [5.74, 6) is 2.01. The molecule has 0 unspecified atom stereocenters. The van der Waals surface area contributed by atoms with Crippen LogP contribution >= 0.6 is 0 Å². The Hall–Kier alpha value is -1.30. The second-order valence-corrected chi connectivity index (χ2v) is 6.83. The van der Waals surface area contributed by atoms with Gasteiger partial charge in [-0.2, -0.15) is 0 Å². The van der Waals surface area contributed by atoms with Gasteiger partial charge in [0.05, 0.1) is 0 Å². The van der Waals surface area contributed by atoms with E-state index in [4.69, 9.17) is 0 Å². The second-order valence-electron chi connectivity index (χ2n) is 6.83. The van der Waals surface area contributed by atoms with Crippen molar-refractivity contribution in [2.45, 2.75) is 54.4 Å². The molecular weight excluding hydrogens is 252 g/mol. The van der Waals surface area contributed by atoms with Crippen molar-refractivity contribution in [2.24, 2.45) is 17.8 Å². The molecule has 1 rings (SSSR count). The Morgan fingerprint density at radius 2 is 1.76 bits per heavy atom. The maximum atomic E-state index is 4.27. The van der Waals surface area contributed by atoms with E-state index in [2.05, 4.69) is 78.5 Å². The third-order valence-electron chi connectivity index (χ3n) is 4.32. The van der Waals surface area contributed by atoms with Crippen molar-refractivity contribution < 1.29 is 0 Å². The van der Waals surface area contributed by atoms with Gasteiger partial charge in [0.1, 0.15) is 0 Å². The molecule has 0 amide bonds. The van der Waals surface area contributed by atoms with E-state index in [1.807, 2.05) is 0 Å². The van der Waals surface area contributed by atoms with Crippen molar-refractivity contribution in [3.63, 3.8) is 0 Å². The average molecular weight is 284 g/mol. The second kappa shape index (κ2) is 8.22. The summed E-state index contributed by atoms with van der Waals surface area (Å²) < 4.78 is 0. The van der Waals surface area contributed by atoms with Crippen LogP contribution < -0.4 is 10.4 Å². The number of aryl methyl sites for hydroxylation is 1. The van der Waals surface area contributed by atoms with Crippen LogP contribution in [0.4, 0.5) is 0 Å². The van der Waals surface area contributed by atoms with E-state index in [0.717, 1.165) is 6.42 Å². The lowest BCUT2D eigenvalue weighted by molar-refractivity contribution is 0.337. The van der Waals surface area contributed by atoms with E-state index < -0.39 is 0 Å². The first-order valence-electron chi connectivity index (χ1n) is 8.33. The molecule has 0 fully saturated rings. The van der Waals surface area contributed by atoms with Crippen LogP contribution in [-0.2, 0) is 6.42 Å². The minimum atomic E-state index is 0.647. The largest absolute Gasteiger partial charge is 0.0909 e. The molecule has 0 saturated heterocycles. The topological polar surface area (TPSA) is 0 Å². The minimum absolute atomic E-state index is 0.647. The maximum absolute atomic E-state index is 4.27. The van der Waals surface area contributed by atoms with Gasteiger partial charge in [-0.1, -0.05) is 83.5 Å². The zero-order chi connectivity index (χ0) is 16.0. The number of rotatable bonds is 6. The van der Waals surface area contributed by atoms with Crippen molar-refractivity contribution >= 4 is 12.7 Å². The molecule has 116 valence electrons. The highest BCUT2D eigenvalue weighted by Crippen LogP contribution is 2.27. The molecule has 21 heavy (non-hydrogen) atoms. The van der Waals surface area contributed by atoms with Crippen LogP contribution in [-0.4, -0.2) is 0 Å². The SMILES string of the molecule is C=c1c(CCC)ccc/c1=C/C=C(\C)C(C(C)C)C(C)C. The molecule has 0 heterocycles. The lowest BCUT2D eigenvalue weighted by atomic mass is 9.80. The summed E-state index contributed by atoms with van der Waals surface area (Å²) in [5.41, 5.74) is 2.85. The molecule has 0 saturated carbocycles. The number of hydrogen-bond donors (Lipinski definition) is 0. The zero-order valence-corrected chi connectivity index (χ0v) is 14.7. The van der Waals surface area contributed by atoms with Gasteiger partial charge in [0.15, 0.2) is 0 Å². The van der Waals surface area contributed by atoms with E-state index in [1.54, 1.807) is 0 Å². The fourth-order valence-electron chi connectivity index (χ4n) is 3.47. The molecule has 0 aromatic heterocycles. The summed E-state index contributed by atoms with van der Waals surface area (Å²) in [6, 6.07) is 6.52. The van der Waals surface area contributed by atoms with Crippen molar-refractivity contribution in [2.75, 3.05) is 0 Å². The minimum Gasteiger partial charge on any atom is -0.0909 e. The standard InChI is InChI=1S/C21H32/c1-8-10-19-11-9-12-20(18(19)7)14-13-17(6)21(15(2)3)16(4)5/h9,11-16,21H,7-8,10H2,1-6H3/b17-13+,20-14-. The Balaban J connectivity index is 3.17. The average Bonchev–Trinajstić information content (AvgIpc) is 2.39. The van der Waals surface area contributed by atoms with E-state index >= 15 is 0 Å². The Bertz CT molecular complexity index is 565. The van der Waals surface area contributed by atoms with Crippen LogP contribution in [0.1, 0.15) is 53.5 Å². The molecular formula is C21H32. The molecule has 0 atom stereocenters. The fourth-order valence-corrected chi connectivity index (χ4v) is 3.47. The Morgan fingerprint density at radius 1 is 1.14 bits per heavy atom. The first kappa shape index (κ1) is 17.8. The zero-order valence-electron chi connectivity index (χ0n) is 14.7. The Labute approximate surface area is 131 Å². The summed E-state index contributed by atoms with van der Waals surface area (Å²) >= 11 is 0. The molecule has 0 aliphatic rings. The highest BCUT2D eigenvalue weighted by Gasteiger charge is 2.18. The van der Waals surface area contributed by atoms with E-state index in [-0.39, 0.29) is 0 Å². The molecule has 0 radical (unpaired) electrons. The number of allylic oxidation sites excluding steroid dienone is 2. The molecule has 0 aliphatic heterocycles. The normalized spacial score (nSPS) is 13.8. The van der Waals surface area contributed by atoms with Gasteiger partial charge < -0.3 is 0 Å². The Kier molecular flexibility index (Phi) is 6.95. The first-order valence-corrected chi connectivity index (χ1v) is 8.33. The first-order chi connectivity index (χ1) is 9.88.